The van der Waals surface area contributed by atoms with Crippen LogP contribution >= 0.6 is 23.1 Å². The van der Waals surface area contributed by atoms with E-state index in [4.69, 9.17) is 0 Å². The van der Waals surface area contributed by atoms with Crippen LogP contribution in [-0.4, -0.2) is 45.4 Å². The summed E-state index contributed by atoms with van der Waals surface area (Å²) in [5.74, 6) is 1.33. The Morgan fingerprint density at radius 3 is 2.84 bits per heavy atom. The van der Waals surface area contributed by atoms with Crippen LogP contribution in [0.3, 0.4) is 0 Å². The first kappa shape index (κ1) is 14.1. The molecule has 0 aliphatic rings. The Hall–Kier alpha value is -1.34. The van der Waals surface area contributed by atoms with Crippen LogP contribution in [0.1, 0.15) is 6.92 Å². The molecule has 0 saturated carbocycles. The lowest BCUT2D eigenvalue weighted by Gasteiger charge is -2.10. The molecule has 0 aliphatic carbocycles. The van der Waals surface area contributed by atoms with E-state index in [2.05, 4.69) is 17.1 Å². The first-order valence-corrected chi connectivity index (χ1v) is 7.80. The van der Waals surface area contributed by atoms with Gasteiger partial charge in [-0.1, -0.05) is 17.8 Å². The minimum absolute atomic E-state index is 0.0772. The van der Waals surface area contributed by atoms with E-state index in [1.54, 1.807) is 30.3 Å². The molecule has 0 atom stereocenters. The summed E-state index contributed by atoms with van der Waals surface area (Å²) in [6, 6.07) is 4.03. The molecule has 0 spiro atoms. The number of amides is 1. The van der Waals surface area contributed by atoms with Gasteiger partial charge in [-0.25, -0.2) is 0 Å². The number of hydrogen-bond donors (Lipinski definition) is 0. The fourth-order valence-electron chi connectivity index (χ4n) is 1.52. The fourth-order valence-corrected chi connectivity index (χ4v) is 3.22. The van der Waals surface area contributed by atoms with Crippen molar-refractivity contribution in [1.82, 2.24) is 19.7 Å². The van der Waals surface area contributed by atoms with Gasteiger partial charge in [-0.3, -0.25) is 4.79 Å². The smallest absolute Gasteiger partial charge is 0.232 e. The topological polar surface area (TPSA) is 51.0 Å². The Labute approximate surface area is 120 Å². The zero-order chi connectivity index (χ0) is 13.8. The van der Waals surface area contributed by atoms with Gasteiger partial charge in [-0.05, 0) is 18.4 Å². The van der Waals surface area contributed by atoms with Crippen molar-refractivity contribution >= 4 is 29.0 Å². The minimum atomic E-state index is 0.0772. The van der Waals surface area contributed by atoms with Crippen LogP contribution in [0.25, 0.3) is 10.7 Å². The van der Waals surface area contributed by atoms with E-state index in [-0.39, 0.29) is 5.91 Å². The maximum absolute atomic E-state index is 11.6. The highest BCUT2D eigenvalue weighted by atomic mass is 32.2. The SMILES string of the molecule is CCn1c(SCC(=O)N(C)C)nnc1-c1cccs1. The summed E-state index contributed by atoms with van der Waals surface area (Å²) in [5, 5.41) is 11.2. The summed E-state index contributed by atoms with van der Waals surface area (Å²) in [7, 11) is 3.51. The molecular weight excluding hydrogens is 280 g/mol. The molecule has 5 nitrogen and oxygen atoms in total. The van der Waals surface area contributed by atoms with Crippen molar-refractivity contribution in [2.24, 2.45) is 0 Å². The zero-order valence-corrected chi connectivity index (χ0v) is 12.8. The monoisotopic (exact) mass is 296 g/mol. The van der Waals surface area contributed by atoms with Crippen molar-refractivity contribution in [2.75, 3.05) is 19.8 Å². The summed E-state index contributed by atoms with van der Waals surface area (Å²) < 4.78 is 2.04. The fraction of sp³-hybridized carbons (Fsp3) is 0.417. The van der Waals surface area contributed by atoms with Gasteiger partial charge >= 0.3 is 0 Å². The summed E-state index contributed by atoms with van der Waals surface area (Å²) in [5.41, 5.74) is 0. The average molecular weight is 296 g/mol. The normalized spacial score (nSPS) is 10.7. The molecular formula is C12H16N4OS2. The summed E-state index contributed by atoms with van der Waals surface area (Å²) in [6.07, 6.45) is 0. The van der Waals surface area contributed by atoms with Gasteiger partial charge < -0.3 is 9.47 Å². The van der Waals surface area contributed by atoms with Crippen molar-refractivity contribution < 1.29 is 4.79 Å². The molecule has 102 valence electrons. The van der Waals surface area contributed by atoms with Gasteiger partial charge in [0, 0.05) is 20.6 Å². The van der Waals surface area contributed by atoms with Gasteiger partial charge in [0.15, 0.2) is 11.0 Å². The Morgan fingerprint density at radius 1 is 1.47 bits per heavy atom. The molecule has 0 saturated heterocycles. The molecule has 1 amide bonds. The number of hydrogen-bond acceptors (Lipinski definition) is 5. The predicted octanol–water partition coefficient (Wildman–Crippen LogP) is 2.21. The van der Waals surface area contributed by atoms with Crippen molar-refractivity contribution in [3.8, 4) is 10.7 Å². The molecule has 0 radical (unpaired) electrons. The lowest BCUT2D eigenvalue weighted by atomic mass is 10.4. The number of carbonyl (C=O) groups excluding carboxylic acids is 1. The van der Waals surface area contributed by atoms with E-state index < -0.39 is 0 Å². The van der Waals surface area contributed by atoms with E-state index in [1.165, 1.54) is 11.8 Å². The van der Waals surface area contributed by atoms with E-state index in [1.807, 2.05) is 22.1 Å². The molecule has 2 aromatic rings. The molecule has 0 aromatic carbocycles. The van der Waals surface area contributed by atoms with Crippen molar-refractivity contribution in [3.05, 3.63) is 17.5 Å². The molecule has 0 N–H and O–H groups in total. The number of rotatable bonds is 5. The minimum Gasteiger partial charge on any atom is -0.348 e. The molecule has 0 bridgehead atoms. The quantitative estimate of drug-likeness (QED) is 0.794. The summed E-state index contributed by atoms with van der Waals surface area (Å²) >= 11 is 3.07. The van der Waals surface area contributed by atoms with E-state index in [0.717, 1.165) is 22.4 Å². The first-order chi connectivity index (χ1) is 9.13. The first-order valence-electron chi connectivity index (χ1n) is 5.93. The lowest BCUT2D eigenvalue weighted by molar-refractivity contribution is -0.125. The molecule has 0 aliphatic heterocycles. The second-order valence-electron chi connectivity index (χ2n) is 4.10. The Balaban J connectivity index is 2.16. The van der Waals surface area contributed by atoms with E-state index in [9.17, 15) is 4.79 Å². The van der Waals surface area contributed by atoms with Crippen LogP contribution in [0.4, 0.5) is 0 Å². The van der Waals surface area contributed by atoms with Gasteiger partial charge in [0.1, 0.15) is 0 Å². The average Bonchev–Trinajstić information content (AvgIpc) is 3.03. The molecule has 2 aromatic heterocycles. The highest BCUT2D eigenvalue weighted by molar-refractivity contribution is 7.99. The molecule has 2 rings (SSSR count). The number of nitrogens with zero attached hydrogens (tertiary/aromatic N) is 4. The predicted molar refractivity (Wildman–Crippen MR) is 78.4 cm³/mol. The molecule has 0 fully saturated rings. The van der Waals surface area contributed by atoms with Gasteiger partial charge in [0.05, 0.1) is 10.6 Å². The number of carbonyl (C=O) groups is 1. The van der Waals surface area contributed by atoms with Crippen LogP contribution in [0.2, 0.25) is 0 Å². The maximum Gasteiger partial charge on any atom is 0.232 e. The van der Waals surface area contributed by atoms with Gasteiger partial charge in [-0.2, -0.15) is 0 Å². The lowest BCUT2D eigenvalue weighted by Crippen LogP contribution is -2.23. The van der Waals surface area contributed by atoms with Crippen molar-refractivity contribution in [3.63, 3.8) is 0 Å². The van der Waals surface area contributed by atoms with Gasteiger partial charge in [0.25, 0.3) is 0 Å². The van der Waals surface area contributed by atoms with Crippen molar-refractivity contribution in [1.29, 1.82) is 0 Å². The third-order valence-electron chi connectivity index (χ3n) is 2.60. The molecule has 19 heavy (non-hydrogen) atoms. The highest BCUT2D eigenvalue weighted by Gasteiger charge is 2.15. The van der Waals surface area contributed by atoms with Crippen LogP contribution in [-0.2, 0) is 11.3 Å². The standard InChI is InChI=1S/C12H16N4OS2/c1-4-16-11(9-6-5-7-18-9)13-14-12(16)19-8-10(17)15(2)3/h5-7H,4,8H2,1-3H3. The maximum atomic E-state index is 11.6. The van der Waals surface area contributed by atoms with Crippen LogP contribution in [0.5, 0.6) is 0 Å². The third-order valence-corrected chi connectivity index (χ3v) is 4.42. The van der Waals surface area contributed by atoms with Crippen molar-refractivity contribution in [2.45, 2.75) is 18.6 Å². The Bertz CT molecular complexity index is 548. The Morgan fingerprint density at radius 2 is 2.26 bits per heavy atom. The molecule has 7 heteroatoms. The number of aromatic nitrogens is 3. The molecule has 2 heterocycles. The highest BCUT2D eigenvalue weighted by Crippen LogP contribution is 2.27. The summed E-state index contributed by atoms with van der Waals surface area (Å²) in [6.45, 7) is 2.84. The third kappa shape index (κ3) is 3.16. The second-order valence-corrected chi connectivity index (χ2v) is 5.99. The number of thioether (sulfide) groups is 1. The summed E-state index contributed by atoms with van der Waals surface area (Å²) in [4.78, 5) is 14.3. The molecule has 0 unspecified atom stereocenters. The second kappa shape index (κ2) is 6.21. The van der Waals surface area contributed by atoms with Crippen LogP contribution in [0.15, 0.2) is 22.7 Å². The largest absolute Gasteiger partial charge is 0.348 e. The Kier molecular flexibility index (Phi) is 4.60. The van der Waals surface area contributed by atoms with Crippen LogP contribution < -0.4 is 0 Å². The van der Waals surface area contributed by atoms with E-state index >= 15 is 0 Å². The van der Waals surface area contributed by atoms with Crippen LogP contribution in [0, 0.1) is 0 Å². The zero-order valence-electron chi connectivity index (χ0n) is 11.2. The van der Waals surface area contributed by atoms with Gasteiger partial charge in [-0.15, -0.1) is 21.5 Å². The van der Waals surface area contributed by atoms with E-state index in [0.29, 0.717) is 5.75 Å². The van der Waals surface area contributed by atoms with Gasteiger partial charge in [0.2, 0.25) is 5.91 Å². The number of thiophene rings is 1.